The Morgan fingerprint density at radius 2 is 1.67 bits per heavy atom. The number of aliphatic hydroxyl groups is 1. The molecule has 1 aromatic carbocycles. The molecule has 0 aromatic heterocycles. The maximum Gasteiger partial charge on any atom is 0.160 e. The molecule has 0 saturated heterocycles. The first-order chi connectivity index (χ1) is 6.81. The van der Waals surface area contributed by atoms with Crippen LogP contribution in [-0.2, 0) is 5.41 Å². The van der Waals surface area contributed by atoms with Gasteiger partial charge in [0.2, 0.25) is 0 Å². The largest absolute Gasteiger partial charge is 0.504 e. The van der Waals surface area contributed by atoms with Crippen LogP contribution in [-0.4, -0.2) is 21.9 Å². The molecule has 0 bridgehead atoms. The van der Waals surface area contributed by atoms with Gasteiger partial charge < -0.3 is 15.3 Å². The van der Waals surface area contributed by atoms with Crippen LogP contribution in [0.3, 0.4) is 0 Å². The monoisotopic (exact) mass is 210 g/mol. The third-order valence-electron chi connectivity index (χ3n) is 2.97. The summed E-state index contributed by atoms with van der Waals surface area (Å²) in [4.78, 5) is 0. The molecule has 0 heterocycles. The highest BCUT2D eigenvalue weighted by Crippen LogP contribution is 2.37. The molecule has 0 aliphatic heterocycles. The molecule has 0 unspecified atom stereocenters. The van der Waals surface area contributed by atoms with E-state index in [0.717, 1.165) is 11.1 Å². The van der Waals surface area contributed by atoms with Gasteiger partial charge in [-0.3, -0.25) is 0 Å². The van der Waals surface area contributed by atoms with Gasteiger partial charge in [-0.05, 0) is 36.6 Å². The van der Waals surface area contributed by atoms with Crippen LogP contribution in [0.25, 0.3) is 0 Å². The van der Waals surface area contributed by atoms with Gasteiger partial charge in [0, 0.05) is 5.41 Å². The number of benzene rings is 1. The molecule has 0 aliphatic carbocycles. The standard InChI is InChI=1S/C12H18O3/c1-7-8(2)11(15)10(14)5-9(7)12(3,4)6-13/h5,13-15H,6H2,1-4H3. The van der Waals surface area contributed by atoms with Gasteiger partial charge >= 0.3 is 0 Å². The highest BCUT2D eigenvalue weighted by Gasteiger charge is 2.24. The van der Waals surface area contributed by atoms with E-state index in [2.05, 4.69) is 0 Å². The molecule has 0 amide bonds. The minimum atomic E-state index is -0.417. The lowest BCUT2D eigenvalue weighted by Crippen LogP contribution is -2.23. The van der Waals surface area contributed by atoms with Crippen LogP contribution in [0.15, 0.2) is 6.07 Å². The van der Waals surface area contributed by atoms with E-state index < -0.39 is 5.41 Å². The maximum atomic E-state index is 9.54. The van der Waals surface area contributed by atoms with E-state index in [1.165, 1.54) is 6.07 Å². The van der Waals surface area contributed by atoms with Crippen molar-refractivity contribution in [3.63, 3.8) is 0 Å². The van der Waals surface area contributed by atoms with Crippen LogP contribution >= 0.6 is 0 Å². The lowest BCUT2D eigenvalue weighted by molar-refractivity contribution is 0.217. The fraction of sp³-hybridized carbons (Fsp3) is 0.500. The number of aromatic hydroxyl groups is 2. The zero-order valence-electron chi connectivity index (χ0n) is 9.63. The summed E-state index contributed by atoms with van der Waals surface area (Å²) in [5.41, 5.74) is 2.01. The molecule has 1 aromatic rings. The van der Waals surface area contributed by atoms with Gasteiger partial charge in [0.15, 0.2) is 11.5 Å². The summed E-state index contributed by atoms with van der Waals surface area (Å²) in [6, 6.07) is 1.52. The summed E-state index contributed by atoms with van der Waals surface area (Å²) in [5, 5.41) is 28.3. The molecule has 0 saturated carbocycles. The Morgan fingerprint density at radius 1 is 1.13 bits per heavy atom. The lowest BCUT2D eigenvalue weighted by Gasteiger charge is -2.26. The van der Waals surface area contributed by atoms with Crippen LogP contribution in [0.5, 0.6) is 11.5 Å². The summed E-state index contributed by atoms with van der Waals surface area (Å²) in [5.74, 6) is -0.209. The summed E-state index contributed by atoms with van der Waals surface area (Å²) in [6.45, 7) is 7.41. The highest BCUT2D eigenvalue weighted by atomic mass is 16.3. The van der Waals surface area contributed by atoms with E-state index >= 15 is 0 Å². The number of aliphatic hydroxyl groups excluding tert-OH is 1. The fourth-order valence-electron chi connectivity index (χ4n) is 1.67. The van der Waals surface area contributed by atoms with Crippen molar-refractivity contribution < 1.29 is 15.3 Å². The van der Waals surface area contributed by atoms with Gasteiger partial charge in [0.25, 0.3) is 0 Å². The molecule has 0 spiro atoms. The smallest absolute Gasteiger partial charge is 0.160 e. The van der Waals surface area contributed by atoms with Crippen LogP contribution in [0.1, 0.15) is 30.5 Å². The molecule has 0 fully saturated rings. The average molecular weight is 210 g/mol. The van der Waals surface area contributed by atoms with Crippen molar-refractivity contribution in [2.75, 3.05) is 6.61 Å². The molecule has 0 aliphatic rings. The molecule has 3 heteroatoms. The van der Waals surface area contributed by atoms with Crippen LogP contribution in [0.4, 0.5) is 0 Å². The van der Waals surface area contributed by atoms with Crippen molar-refractivity contribution in [2.24, 2.45) is 0 Å². The summed E-state index contributed by atoms with van der Waals surface area (Å²) >= 11 is 0. The van der Waals surface area contributed by atoms with Crippen LogP contribution < -0.4 is 0 Å². The topological polar surface area (TPSA) is 60.7 Å². The van der Waals surface area contributed by atoms with Gasteiger partial charge in [-0.1, -0.05) is 13.8 Å². The van der Waals surface area contributed by atoms with Gasteiger partial charge in [-0.15, -0.1) is 0 Å². The Hall–Kier alpha value is -1.22. The molecule has 84 valence electrons. The maximum absolute atomic E-state index is 9.54. The number of hydrogen-bond donors (Lipinski definition) is 3. The zero-order valence-corrected chi connectivity index (χ0v) is 9.63. The molecule has 3 N–H and O–H groups in total. The average Bonchev–Trinajstić information content (AvgIpc) is 2.20. The van der Waals surface area contributed by atoms with E-state index in [-0.39, 0.29) is 18.1 Å². The molecular formula is C12H18O3. The first kappa shape index (κ1) is 11.9. The van der Waals surface area contributed by atoms with E-state index in [0.29, 0.717) is 5.56 Å². The predicted octanol–water partition coefficient (Wildman–Crippen LogP) is 1.98. The van der Waals surface area contributed by atoms with Crippen molar-refractivity contribution in [2.45, 2.75) is 33.1 Å². The van der Waals surface area contributed by atoms with Crippen molar-refractivity contribution >= 4 is 0 Å². The fourth-order valence-corrected chi connectivity index (χ4v) is 1.67. The Kier molecular flexibility index (Phi) is 2.95. The quantitative estimate of drug-likeness (QED) is 0.654. The van der Waals surface area contributed by atoms with Crippen molar-refractivity contribution in [3.8, 4) is 11.5 Å². The molecule has 0 radical (unpaired) electrons. The minimum Gasteiger partial charge on any atom is -0.504 e. The lowest BCUT2D eigenvalue weighted by atomic mass is 9.81. The normalized spacial score (nSPS) is 11.8. The van der Waals surface area contributed by atoms with Gasteiger partial charge in [0.1, 0.15) is 0 Å². The molecule has 0 atom stereocenters. The molecule has 15 heavy (non-hydrogen) atoms. The van der Waals surface area contributed by atoms with Gasteiger partial charge in [-0.25, -0.2) is 0 Å². The molecule has 3 nitrogen and oxygen atoms in total. The summed E-state index contributed by atoms with van der Waals surface area (Å²) in [6.07, 6.45) is 0. The third-order valence-corrected chi connectivity index (χ3v) is 2.97. The first-order valence-electron chi connectivity index (χ1n) is 4.94. The highest BCUT2D eigenvalue weighted by molar-refractivity contribution is 5.53. The number of rotatable bonds is 2. The van der Waals surface area contributed by atoms with Crippen molar-refractivity contribution in [1.82, 2.24) is 0 Å². The summed E-state index contributed by atoms with van der Waals surface area (Å²) < 4.78 is 0. The first-order valence-corrected chi connectivity index (χ1v) is 4.94. The van der Waals surface area contributed by atoms with Crippen molar-refractivity contribution in [1.29, 1.82) is 0 Å². The number of phenols is 2. The number of hydrogen-bond acceptors (Lipinski definition) is 3. The summed E-state index contributed by atoms with van der Waals surface area (Å²) in [7, 11) is 0. The molecular weight excluding hydrogens is 192 g/mol. The number of phenolic OH excluding ortho intramolecular Hbond substituents is 2. The third kappa shape index (κ3) is 1.92. The van der Waals surface area contributed by atoms with E-state index in [9.17, 15) is 15.3 Å². The molecule has 1 rings (SSSR count). The van der Waals surface area contributed by atoms with Gasteiger partial charge in [0.05, 0.1) is 6.61 Å². The SMILES string of the molecule is Cc1c(C(C)(C)CO)cc(O)c(O)c1C. The predicted molar refractivity (Wildman–Crippen MR) is 59.4 cm³/mol. The Balaban J connectivity index is 3.45. The van der Waals surface area contributed by atoms with E-state index in [1.807, 2.05) is 20.8 Å². The zero-order chi connectivity index (χ0) is 11.8. The minimum absolute atomic E-state index is 0.00248. The second kappa shape index (κ2) is 3.74. The van der Waals surface area contributed by atoms with Crippen LogP contribution in [0.2, 0.25) is 0 Å². The Morgan fingerprint density at radius 3 is 2.13 bits per heavy atom. The van der Waals surface area contributed by atoms with Crippen molar-refractivity contribution in [3.05, 3.63) is 22.8 Å². The Bertz CT molecular complexity index is 381. The van der Waals surface area contributed by atoms with Gasteiger partial charge in [-0.2, -0.15) is 0 Å². The van der Waals surface area contributed by atoms with E-state index in [4.69, 9.17) is 0 Å². The second-order valence-corrected chi connectivity index (χ2v) is 4.58. The second-order valence-electron chi connectivity index (χ2n) is 4.58. The Labute approximate surface area is 90.0 Å². The van der Waals surface area contributed by atoms with Crippen LogP contribution in [0, 0.1) is 13.8 Å². The van der Waals surface area contributed by atoms with E-state index in [1.54, 1.807) is 6.92 Å².